The molecule has 0 saturated heterocycles. The van der Waals surface area contributed by atoms with Gasteiger partial charge in [0, 0.05) is 0 Å². The lowest BCUT2D eigenvalue weighted by Crippen LogP contribution is -2.26. The first-order valence-corrected chi connectivity index (χ1v) is 12.8. The van der Waals surface area contributed by atoms with E-state index in [4.69, 9.17) is 4.74 Å². The quantitative estimate of drug-likeness (QED) is 0.305. The van der Waals surface area contributed by atoms with Crippen molar-refractivity contribution in [3.63, 3.8) is 0 Å². The number of rotatable bonds is 11. The zero-order valence-electron chi connectivity index (χ0n) is 19.6. The van der Waals surface area contributed by atoms with Crippen LogP contribution in [-0.4, -0.2) is 19.1 Å². The summed E-state index contributed by atoms with van der Waals surface area (Å²) >= 11 is 0. The highest BCUT2D eigenvalue weighted by Crippen LogP contribution is 2.44. The molecule has 0 unspecified atom stereocenters. The van der Waals surface area contributed by atoms with Crippen LogP contribution < -0.4 is 10.1 Å². The third-order valence-corrected chi connectivity index (χ3v) is 7.75. The molecule has 1 amide bonds. The van der Waals surface area contributed by atoms with Crippen molar-refractivity contribution in [3.05, 3.63) is 42.5 Å². The first-order chi connectivity index (χ1) is 15.2. The average Bonchev–Trinajstić information content (AvgIpc) is 2.83. The molecule has 3 nitrogen and oxygen atoms in total. The standard InChI is InChI=1S/C28H43NO2/c1-3-5-6-7-22-8-10-23(11-9-22)24-12-14-25(15-13-24)26-16-18-27(19-17-26)31-21-20-29-28(30)4-2/h4,16-19,22-25H,2-3,5-15,20-21H2,1H3,(H,29,30). The molecule has 2 aliphatic carbocycles. The summed E-state index contributed by atoms with van der Waals surface area (Å²) in [6.45, 7) is 6.73. The van der Waals surface area contributed by atoms with Crippen LogP contribution in [0.1, 0.15) is 95.5 Å². The highest BCUT2D eigenvalue weighted by atomic mass is 16.5. The van der Waals surface area contributed by atoms with Gasteiger partial charge in [-0.1, -0.05) is 64.2 Å². The number of hydrogen-bond donors (Lipinski definition) is 1. The summed E-state index contributed by atoms with van der Waals surface area (Å²) < 4.78 is 5.73. The van der Waals surface area contributed by atoms with E-state index in [2.05, 4.69) is 43.1 Å². The van der Waals surface area contributed by atoms with E-state index in [9.17, 15) is 4.79 Å². The van der Waals surface area contributed by atoms with Gasteiger partial charge >= 0.3 is 0 Å². The van der Waals surface area contributed by atoms with E-state index in [-0.39, 0.29) is 5.91 Å². The molecular formula is C28H43NO2. The van der Waals surface area contributed by atoms with Crippen molar-refractivity contribution in [3.8, 4) is 5.75 Å². The van der Waals surface area contributed by atoms with Gasteiger partial charge in [-0.2, -0.15) is 0 Å². The van der Waals surface area contributed by atoms with E-state index < -0.39 is 0 Å². The Balaban J connectivity index is 1.35. The fraction of sp³-hybridized carbons (Fsp3) is 0.679. The van der Waals surface area contributed by atoms with Crippen molar-refractivity contribution in [1.29, 1.82) is 0 Å². The topological polar surface area (TPSA) is 38.3 Å². The third kappa shape index (κ3) is 7.70. The van der Waals surface area contributed by atoms with Crippen molar-refractivity contribution < 1.29 is 9.53 Å². The number of amides is 1. The van der Waals surface area contributed by atoms with Crippen LogP contribution in [0.2, 0.25) is 0 Å². The van der Waals surface area contributed by atoms with Gasteiger partial charge in [-0.25, -0.2) is 0 Å². The predicted molar refractivity (Wildman–Crippen MR) is 129 cm³/mol. The summed E-state index contributed by atoms with van der Waals surface area (Å²) in [5.41, 5.74) is 1.46. The van der Waals surface area contributed by atoms with Crippen molar-refractivity contribution >= 4 is 5.91 Å². The lowest BCUT2D eigenvalue weighted by Gasteiger charge is -2.38. The molecule has 3 heteroatoms. The Labute approximate surface area is 190 Å². The van der Waals surface area contributed by atoms with Gasteiger partial charge in [-0.05, 0) is 86.0 Å². The first kappa shape index (κ1) is 23.9. The van der Waals surface area contributed by atoms with E-state index in [1.165, 1.54) is 88.7 Å². The fourth-order valence-corrected chi connectivity index (χ4v) is 5.81. The van der Waals surface area contributed by atoms with Gasteiger partial charge < -0.3 is 10.1 Å². The first-order valence-electron chi connectivity index (χ1n) is 12.8. The van der Waals surface area contributed by atoms with E-state index in [1.807, 2.05) is 0 Å². The lowest BCUT2D eigenvalue weighted by atomic mass is 9.68. The minimum atomic E-state index is -0.158. The van der Waals surface area contributed by atoms with Crippen molar-refractivity contribution in [2.45, 2.75) is 89.9 Å². The van der Waals surface area contributed by atoms with Crippen LogP contribution in [0.5, 0.6) is 5.75 Å². The molecule has 172 valence electrons. The molecule has 0 aromatic heterocycles. The van der Waals surface area contributed by atoms with Crippen LogP contribution in [0.3, 0.4) is 0 Å². The number of unbranched alkanes of at least 4 members (excludes halogenated alkanes) is 2. The maximum absolute atomic E-state index is 11.1. The molecule has 1 N–H and O–H groups in total. The summed E-state index contributed by atoms with van der Waals surface area (Å²) in [4.78, 5) is 11.1. The molecule has 1 aromatic carbocycles. The van der Waals surface area contributed by atoms with Crippen LogP contribution >= 0.6 is 0 Å². The molecule has 0 bridgehead atoms. The Kier molecular flexibility index (Phi) is 9.96. The molecular weight excluding hydrogens is 382 g/mol. The van der Waals surface area contributed by atoms with Gasteiger partial charge in [-0.15, -0.1) is 0 Å². The van der Waals surface area contributed by atoms with Crippen LogP contribution in [-0.2, 0) is 4.79 Å². The minimum Gasteiger partial charge on any atom is -0.492 e. The smallest absolute Gasteiger partial charge is 0.243 e. The van der Waals surface area contributed by atoms with Gasteiger partial charge in [0.05, 0.1) is 6.54 Å². The van der Waals surface area contributed by atoms with Gasteiger partial charge in [0.1, 0.15) is 12.4 Å². The molecule has 1 aromatic rings. The Morgan fingerprint density at radius 3 is 2.26 bits per heavy atom. The van der Waals surface area contributed by atoms with E-state index in [0.29, 0.717) is 19.1 Å². The van der Waals surface area contributed by atoms with Crippen molar-refractivity contribution in [2.75, 3.05) is 13.2 Å². The molecule has 0 aliphatic heterocycles. The molecule has 31 heavy (non-hydrogen) atoms. The Morgan fingerprint density at radius 2 is 1.65 bits per heavy atom. The normalized spacial score (nSPS) is 26.2. The van der Waals surface area contributed by atoms with Crippen LogP contribution in [0.4, 0.5) is 0 Å². The van der Waals surface area contributed by atoms with Crippen LogP contribution in [0.25, 0.3) is 0 Å². The zero-order valence-corrected chi connectivity index (χ0v) is 19.6. The summed E-state index contributed by atoms with van der Waals surface area (Å²) in [5.74, 6) is 4.43. The Hall–Kier alpha value is -1.77. The van der Waals surface area contributed by atoms with Gasteiger partial charge in [-0.3, -0.25) is 4.79 Å². The third-order valence-electron chi connectivity index (χ3n) is 7.75. The molecule has 0 radical (unpaired) electrons. The molecule has 0 heterocycles. The molecule has 0 atom stereocenters. The molecule has 2 fully saturated rings. The molecule has 3 rings (SSSR count). The van der Waals surface area contributed by atoms with Gasteiger partial charge in [0.15, 0.2) is 0 Å². The second-order valence-corrected chi connectivity index (χ2v) is 9.80. The Bertz CT molecular complexity index is 652. The van der Waals surface area contributed by atoms with E-state index in [1.54, 1.807) is 0 Å². The second kappa shape index (κ2) is 12.9. The lowest BCUT2D eigenvalue weighted by molar-refractivity contribution is -0.116. The molecule has 2 saturated carbocycles. The van der Waals surface area contributed by atoms with Crippen molar-refractivity contribution in [2.24, 2.45) is 17.8 Å². The average molecular weight is 426 g/mol. The number of hydrogen-bond acceptors (Lipinski definition) is 2. The summed E-state index contributed by atoms with van der Waals surface area (Å²) in [5, 5.41) is 2.73. The molecule has 2 aliphatic rings. The maximum Gasteiger partial charge on any atom is 0.243 e. The van der Waals surface area contributed by atoms with E-state index in [0.717, 1.165) is 23.5 Å². The highest BCUT2D eigenvalue weighted by Gasteiger charge is 2.31. The number of carbonyl (C=O) groups excluding carboxylic acids is 1. The summed E-state index contributed by atoms with van der Waals surface area (Å²) in [6.07, 6.45) is 18.5. The largest absolute Gasteiger partial charge is 0.492 e. The van der Waals surface area contributed by atoms with Gasteiger partial charge in [0.25, 0.3) is 0 Å². The van der Waals surface area contributed by atoms with Crippen molar-refractivity contribution in [1.82, 2.24) is 5.32 Å². The predicted octanol–water partition coefficient (Wildman–Crippen LogP) is 7.03. The number of carbonyl (C=O) groups is 1. The highest BCUT2D eigenvalue weighted by molar-refractivity contribution is 5.86. The summed E-state index contributed by atoms with van der Waals surface area (Å²) in [6, 6.07) is 8.64. The van der Waals surface area contributed by atoms with Crippen LogP contribution in [0, 0.1) is 17.8 Å². The second-order valence-electron chi connectivity index (χ2n) is 9.80. The number of ether oxygens (including phenoxy) is 1. The number of benzene rings is 1. The zero-order chi connectivity index (χ0) is 21.9. The van der Waals surface area contributed by atoms with E-state index >= 15 is 0 Å². The maximum atomic E-state index is 11.1. The SMILES string of the molecule is C=CC(=O)NCCOc1ccc(C2CCC(C3CCC(CCCCC)CC3)CC2)cc1. The van der Waals surface area contributed by atoms with Crippen LogP contribution in [0.15, 0.2) is 36.9 Å². The van der Waals surface area contributed by atoms with Gasteiger partial charge in [0.2, 0.25) is 5.91 Å². The monoisotopic (exact) mass is 425 g/mol. The Morgan fingerprint density at radius 1 is 1.00 bits per heavy atom. The molecule has 0 spiro atoms. The minimum absolute atomic E-state index is 0.158. The summed E-state index contributed by atoms with van der Waals surface area (Å²) in [7, 11) is 0. The number of nitrogens with one attached hydrogen (secondary N) is 1. The fourth-order valence-electron chi connectivity index (χ4n) is 5.81.